The van der Waals surface area contributed by atoms with Crippen LogP contribution < -0.4 is 11.1 Å². The fourth-order valence-corrected chi connectivity index (χ4v) is 4.09. The van der Waals surface area contributed by atoms with Crippen molar-refractivity contribution in [1.82, 2.24) is 4.98 Å². The maximum Gasteiger partial charge on any atom is 0.358 e. The van der Waals surface area contributed by atoms with Crippen LogP contribution in [0, 0.1) is 0 Å². The third kappa shape index (κ3) is 7.06. The fourth-order valence-electron chi connectivity index (χ4n) is 3.14. The number of allylic oxidation sites excluding steroid dienone is 6. The van der Waals surface area contributed by atoms with Gasteiger partial charge in [0.15, 0.2) is 10.8 Å². The number of alkyl halides is 1. The molecule has 1 atom stereocenters. The van der Waals surface area contributed by atoms with Gasteiger partial charge in [-0.3, -0.25) is 4.99 Å². The van der Waals surface area contributed by atoms with E-state index in [0.717, 1.165) is 16.7 Å². The van der Waals surface area contributed by atoms with E-state index >= 15 is 0 Å². The lowest BCUT2D eigenvalue weighted by Crippen LogP contribution is -2.31. The molecule has 3 rings (SSSR count). The number of carbonyl (C=O) groups is 1. The largest absolute Gasteiger partial charge is 0.464 e. The highest BCUT2D eigenvalue weighted by Gasteiger charge is 2.21. The van der Waals surface area contributed by atoms with Crippen LogP contribution in [-0.2, 0) is 17.8 Å². The van der Waals surface area contributed by atoms with E-state index in [1.807, 2.05) is 30.4 Å². The summed E-state index contributed by atoms with van der Waals surface area (Å²) in [6.45, 7) is 4.00. The van der Waals surface area contributed by atoms with Crippen LogP contribution in [0.15, 0.2) is 71.9 Å². The molecule has 2 aromatic rings. The Bertz CT molecular complexity index is 1100. The summed E-state index contributed by atoms with van der Waals surface area (Å²) in [4.78, 5) is 21.7. The molecule has 6 nitrogen and oxygen atoms in total. The number of nitrogens with one attached hydrogen (secondary N) is 1. The zero-order valence-corrected chi connectivity index (χ0v) is 19.3. The number of hydrogen-bond donors (Lipinski definition) is 2. The van der Waals surface area contributed by atoms with Crippen LogP contribution in [0.1, 0.15) is 32.9 Å². The average molecular weight is 467 g/mol. The number of thiazole rings is 1. The maximum absolute atomic E-state index is 12.7. The van der Waals surface area contributed by atoms with Crippen molar-refractivity contribution >= 4 is 34.2 Å². The molecule has 0 amide bonds. The second-order valence-electron chi connectivity index (χ2n) is 7.44. The highest BCUT2D eigenvalue weighted by atomic mass is 32.1. The smallest absolute Gasteiger partial charge is 0.358 e. The second-order valence-corrected chi connectivity index (χ2v) is 8.44. The summed E-state index contributed by atoms with van der Waals surface area (Å²) >= 11 is 1.35. The quantitative estimate of drug-likeness (QED) is 0.542. The van der Waals surface area contributed by atoms with Crippen molar-refractivity contribution in [2.24, 2.45) is 10.7 Å². The molecule has 172 valence electrons. The first kappa shape index (κ1) is 24.3. The molecular weight excluding hydrogens is 439 g/mol. The molecular formula is C25H27FN4O2S. The Morgan fingerprint density at radius 1 is 1.30 bits per heavy atom. The highest BCUT2D eigenvalue weighted by molar-refractivity contribution is 7.17. The normalized spacial score (nSPS) is 16.6. The van der Waals surface area contributed by atoms with Crippen LogP contribution in [0.2, 0.25) is 0 Å². The Labute approximate surface area is 197 Å². The number of ether oxygens (including phenoxy) is 1. The lowest BCUT2D eigenvalue weighted by molar-refractivity contribution is 0.0594. The first-order chi connectivity index (χ1) is 16.0. The highest BCUT2D eigenvalue weighted by Crippen LogP contribution is 2.32. The number of aliphatic imine (C=N–C) groups is 1. The molecule has 0 spiro atoms. The zero-order valence-electron chi connectivity index (χ0n) is 18.5. The molecule has 0 saturated carbocycles. The Morgan fingerprint density at radius 2 is 2.06 bits per heavy atom. The number of benzene rings is 1. The lowest BCUT2D eigenvalue weighted by Gasteiger charge is -2.12. The van der Waals surface area contributed by atoms with Crippen molar-refractivity contribution in [3.05, 3.63) is 88.6 Å². The SMILES string of the molecule is C=C1C=C(c2sc(NC[C@@H](N)Cc3ccc(CF)cc3)nc2C(=O)OC)/C=C\CC=N/C=C\1. The van der Waals surface area contributed by atoms with Gasteiger partial charge in [0, 0.05) is 31.4 Å². The van der Waals surface area contributed by atoms with Gasteiger partial charge in [-0.2, -0.15) is 0 Å². The fraction of sp³-hybridized carbons (Fsp3) is 0.240. The zero-order chi connectivity index (χ0) is 23.6. The van der Waals surface area contributed by atoms with Gasteiger partial charge in [0.05, 0.1) is 12.0 Å². The number of nitrogens with two attached hydrogens (primary N) is 1. The van der Waals surface area contributed by atoms with E-state index in [4.69, 9.17) is 10.5 Å². The third-order valence-corrected chi connectivity index (χ3v) is 5.88. The van der Waals surface area contributed by atoms with E-state index in [1.54, 1.807) is 30.6 Å². The van der Waals surface area contributed by atoms with Crippen molar-refractivity contribution in [1.29, 1.82) is 0 Å². The van der Waals surface area contributed by atoms with E-state index in [0.29, 0.717) is 35.0 Å². The van der Waals surface area contributed by atoms with Gasteiger partial charge in [0.1, 0.15) is 6.67 Å². The average Bonchev–Trinajstić information content (AvgIpc) is 3.26. The van der Waals surface area contributed by atoms with E-state index in [1.165, 1.54) is 18.4 Å². The number of methoxy groups -OCH3 is 1. The van der Waals surface area contributed by atoms with E-state index in [-0.39, 0.29) is 11.7 Å². The first-order valence-electron chi connectivity index (χ1n) is 10.5. The Kier molecular flexibility index (Phi) is 8.86. The van der Waals surface area contributed by atoms with Crippen molar-refractivity contribution in [2.75, 3.05) is 19.0 Å². The van der Waals surface area contributed by atoms with Crippen molar-refractivity contribution in [2.45, 2.75) is 25.6 Å². The molecule has 8 heteroatoms. The molecule has 1 aromatic heterocycles. The molecule has 0 saturated heterocycles. The minimum atomic E-state index is -0.513. The lowest BCUT2D eigenvalue weighted by atomic mass is 10.1. The van der Waals surface area contributed by atoms with Crippen molar-refractivity contribution < 1.29 is 13.9 Å². The number of aromatic nitrogens is 1. The van der Waals surface area contributed by atoms with Gasteiger partial charge >= 0.3 is 5.97 Å². The summed E-state index contributed by atoms with van der Waals surface area (Å²) < 4.78 is 17.6. The van der Waals surface area contributed by atoms with E-state index in [2.05, 4.69) is 21.9 Å². The number of esters is 1. The number of nitrogens with zero attached hydrogens (tertiary/aromatic N) is 2. The van der Waals surface area contributed by atoms with Crippen LogP contribution >= 0.6 is 11.3 Å². The van der Waals surface area contributed by atoms with Gasteiger partial charge in [-0.25, -0.2) is 14.2 Å². The summed E-state index contributed by atoms with van der Waals surface area (Å²) in [5.74, 6) is -0.513. The van der Waals surface area contributed by atoms with Crippen molar-refractivity contribution in [3.8, 4) is 0 Å². The van der Waals surface area contributed by atoms with Gasteiger partial charge in [-0.05, 0) is 40.8 Å². The van der Waals surface area contributed by atoms with Crippen LogP contribution in [0.25, 0.3) is 5.57 Å². The summed E-state index contributed by atoms with van der Waals surface area (Å²) in [5.41, 5.74) is 9.74. The van der Waals surface area contributed by atoms with Crippen LogP contribution in [0.3, 0.4) is 0 Å². The minimum Gasteiger partial charge on any atom is -0.464 e. The van der Waals surface area contributed by atoms with Crippen LogP contribution in [0.4, 0.5) is 9.52 Å². The van der Waals surface area contributed by atoms with Gasteiger partial charge in [0.25, 0.3) is 0 Å². The number of anilines is 1. The van der Waals surface area contributed by atoms with Crippen LogP contribution in [0.5, 0.6) is 0 Å². The summed E-state index contributed by atoms with van der Waals surface area (Å²) in [5, 5.41) is 3.81. The topological polar surface area (TPSA) is 89.6 Å². The summed E-state index contributed by atoms with van der Waals surface area (Å²) in [7, 11) is 1.33. The molecule has 33 heavy (non-hydrogen) atoms. The number of rotatable bonds is 8. The molecule has 1 aromatic carbocycles. The molecule has 2 heterocycles. The summed E-state index contributed by atoms with van der Waals surface area (Å²) in [6.07, 6.45) is 12.3. The van der Waals surface area contributed by atoms with E-state index in [9.17, 15) is 9.18 Å². The predicted molar refractivity (Wildman–Crippen MR) is 133 cm³/mol. The van der Waals surface area contributed by atoms with Crippen LogP contribution in [-0.4, -0.2) is 36.9 Å². The van der Waals surface area contributed by atoms with Gasteiger partial charge in [-0.1, -0.05) is 54.3 Å². The molecule has 3 N–H and O–H groups in total. The van der Waals surface area contributed by atoms with Gasteiger partial charge < -0.3 is 15.8 Å². The van der Waals surface area contributed by atoms with Gasteiger partial charge in [-0.15, -0.1) is 0 Å². The second kappa shape index (κ2) is 12.0. The number of halogens is 1. The molecule has 1 aliphatic heterocycles. The molecule has 0 aliphatic carbocycles. The van der Waals surface area contributed by atoms with E-state index < -0.39 is 12.6 Å². The number of carbonyl (C=O) groups excluding carboxylic acids is 1. The summed E-state index contributed by atoms with van der Waals surface area (Å²) in [6, 6.07) is 7.11. The maximum atomic E-state index is 12.7. The minimum absolute atomic E-state index is 0.188. The monoisotopic (exact) mass is 466 g/mol. The molecule has 0 radical (unpaired) electrons. The predicted octanol–water partition coefficient (Wildman–Crippen LogP) is 4.87. The molecule has 0 fully saturated rings. The van der Waals surface area contributed by atoms with Crippen molar-refractivity contribution in [3.63, 3.8) is 0 Å². The molecule has 0 unspecified atom stereocenters. The Balaban J connectivity index is 1.77. The Hall–Kier alpha value is -3.36. The third-order valence-electron chi connectivity index (χ3n) is 4.82. The Morgan fingerprint density at radius 3 is 2.79 bits per heavy atom. The molecule has 0 bridgehead atoms. The number of hydrogen-bond acceptors (Lipinski definition) is 7. The molecule has 1 aliphatic rings. The first-order valence-corrected chi connectivity index (χ1v) is 11.3. The van der Waals surface area contributed by atoms with Gasteiger partial charge in [0.2, 0.25) is 0 Å². The standard InChI is InChI=1S/C25H27FN4O2S/c1-17-10-12-28-11-4-3-5-20(13-17)23-22(24(31)32-2)30-25(33-23)29-16-21(27)14-18-6-8-19(15-26)9-7-18/h3,5-13,21H,1,4,14-16,27H2,2H3,(H,29,30)/b5-3-,12-10-,20-13?,28-11?/t21-/m0/s1.